The highest BCUT2D eigenvalue weighted by Crippen LogP contribution is 2.21. The van der Waals surface area contributed by atoms with Crippen LogP contribution in [-0.4, -0.2) is 4.98 Å². The number of nitrogens with one attached hydrogen (secondary N) is 1. The number of pyridine rings is 1. The van der Waals surface area contributed by atoms with E-state index < -0.39 is 10.7 Å². The van der Waals surface area contributed by atoms with E-state index in [0.717, 1.165) is 10.5 Å². The van der Waals surface area contributed by atoms with Crippen molar-refractivity contribution in [3.05, 3.63) is 63.7 Å². The van der Waals surface area contributed by atoms with Gasteiger partial charge in [-0.05, 0) is 40.4 Å². The third-order valence-electron chi connectivity index (χ3n) is 2.25. The summed E-state index contributed by atoms with van der Waals surface area (Å²) in [5.41, 5.74) is 0.802. The van der Waals surface area contributed by atoms with Crippen LogP contribution in [0.2, 0.25) is 10.2 Å². The molecule has 2 nitrogen and oxygen atoms in total. The zero-order chi connectivity index (χ0) is 13.0. The van der Waals surface area contributed by atoms with Crippen LogP contribution < -0.4 is 0 Å². The number of hydrogen-bond acceptors (Lipinski definition) is 2. The van der Waals surface area contributed by atoms with Crippen LogP contribution in [0.4, 0.5) is 0 Å². The van der Waals surface area contributed by atoms with Crippen molar-refractivity contribution in [2.45, 2.75) is 4.90 Å². The number of halogens is 2. The average Bonchev–Trinajstić information content (AvgIpc) is 2.38. The Bertz CT molecular complexity index is 611. The molecule has 0 aliphatic rings. The zero-order valence-electron chi connectivity index (χ0n) is 9.31. The largest absolute Gasteiger partial charge is 0.271 e. The monoisotopic (exact) mass is 296 g/mol. The number of rotatable bonds is 3. The lowest BCUT2D eigenvalue weighted by molar-refractivity contribution is 1.32. The van der Waals surface area contributed by atoms with Crippen molar-refractivity contribution < 1.29 is 0 Å². The Morgan fingerprint density at radius 2 is 1.89 bits per heavy atom. The van der Waals surface area contributed by atoms with Crippen molar-refractivity contribution in [3.8, 4) is 0 Å². The minimum Gasteiger partial charge on any atom is -0.271 e. The van der Waals surface area contributed by atoms with Crippen LogP contribution in [0.25, 0.3) is 6.08 Å². The first-order valence-electron chi connectivity index (χ1n) is 5.16. The van der Waals surface area contributed by atoms with Gasteiger partial charge in [-0.3, -0.25) is 4.78 Å². The Morgan fingerprint density at radius 3 is 2.61 bits per heavy atom. The first-order valence-corrected chi connectivity index (χ1v) is 7.20. The molecule has 1 aromatic heterocycles. The summed E-state index contributed by atoms with van der Waals surface area (Å²) in [7, 11) is -0.803. The van der Waals surface area contributed by atoms with E-state index >= 15 is 0 Å². The molecule has 0 radical (unpaired) electrons. The summed E-state index contributed by atoms with van der Waals surface area (Å²) in [4.78, 5) is 4.78. The normalized spacial score (nSPS) is 12.8. The number of nitrogens with zero attached hydrogens (tertiary/aromatic N) is 1. The van der Waals surface area contributed by atoms with Crippen molar-refractivity contribution in [1.82, 2.24) is 4.98 Å². The molecule has 0 amide bonds. The van der Waals surface area contributed by atoms with Gasteiger partial charge in [0.1, 0.15) is 5.15 Å². The van der Waals surface area contributed by atoms with E-state index in [1.807, 2.05) is 30.3 Å². The summed E-state index contributed by atoms with van der Waals surface area (Å²) in [6.45, 7) is 0. The van der Waals surface area contributed by atoms with E-state index in [0.29, 0.717) is 10.2 Å². The highest BCUT2D eigenvalue weighted by atomic mass is 35.5. The molecule has 18 heavy (non-hydrogen) atoms. The summed E-state index contributed by atoms with van der Waals surface area (Å²) in [6.07, 6.45) is 3.43. The third kappa shape index (κ3) is 3.19. The van der Waals surface area contributed by atoms with E-state index in [-0.39, 0.29) is 0 Å². The van der Waals surface area contributed by atoms with Gasteiger partial charge in [-0.2, -0.15) is 0 Å². The van der Waals surface area contributed by atoms with E-state index in [4.69, 9.17) is 28.0 Å². The molecule has 0 fully saturated rings. The van der Waals surface area contributed by atoms with Gasteiger partial charge in [0, 0.05) is 16.7 Å². The molecule has 1 aromatic carbocycles. The smallest absolute Gasteiger partial charge is 0.136 e. The SMILES string of the molecule is N=S(/C=C/c1cccnc1Cl)c1ccccc1Cl. The molecule has 1 unspecified atom stereocenters. The Balaban J connectivity index is 2.23. The summed E-state index contributed by atoms with van der Waals surface area (Å²) in [5.74, 6) is 0. The number of aromatic nitrogens is 1. The molecule has 92 valence electrons. The van der Waals surface area contributed by atoms with Crippen LogP contribution in [0.5, 0.6) is 0 Å². The van der Waals surface area contributed by atoms with Crippen LogP contribution in [0, 0.1) is 4.78 Å². The molecule has 1 heterocycles. The second-order valence-electron chi connectivity index (χ2n) is 3.45. The second kappa shape index (κ2) is 6.14. The fourth-order valence-corrected chi connectivity index (χ4v) is 2.86. The van der Waals surface area contributed by atoms with Gasteiger partial charge in [0.05, 0.1) is 5.02 Å². The van der Waals surface area contributed by atoms with Gasteiger partial charge in [-0.1, -0.05) is 41.4 Å². The van der Waals surface area contributed by atoms with Crippen LogP contribution in [0.3, 0.4) is 0 Å². The van der Waals surface area contributed by atoms with E-state index in [1.54, 1.807) is 23.7 Å². The van der Waals surface area contributed by atoms with Gasteiger partial charge in [0.25, 0.3) is 0 Å². The molecule has 0 aliphatic carbocycles. The number of benzene rings is 1. The van der Waals surface area contributed by atoms with Gasteiger partial charge < -0.3 is 0 Å². The minimum absolute atomic E-state index is 0.435. The Morgan fingerprint density at radius 1 is 1.11 bits per heavy atom. The van der Waals surface area contributed by atoms with Crippen LogP contribution >= 0.6 is 23.2 Å². The van der Waals surface area contributed by atoms with Crippen LogP contribution in [0.1, 0.15) is 5.56 Å². The molecule has 2 rings (SSSR count). The van der Waals surface area contributed by atoms with Crippen molar-refractivity contribution in [2.24, 2.45) is 0 Å². The predicted molar refractivity (Wildman–Crippen MR) is 78.1 cm³/mol. The fourth-order valence-electron chi connectivity index (χ4n) is 1.36. The maximum atomic E-state index is 8.07. The Labute approximate surface area is 118 Å². The Kier molecular flexibility index (Phi) is 4.53. The van der Waals surface area contributed by atoms with Crippen molar-refractivity contribution in [2.75, 3.05) is 0 Å². The third-order valence-corrected chi connectivity index (χ3v) is 4.24. The van der Waals surface area contributed by atoms with E-state index in [1.165, 1.54) is 0 Å². The van der Waals surface area contributed by atoms with Gasteiger partial charge in [-0.25, -0.2) is 4.98 Å². The standard InChI is InChI=1S/C13H10Cl2N2S/c14-11-5-1-2-6-12(11)18(16)9-7-10-4-3-8-17-13(10)15/h1-9,16H/b9-7+. The van der Waals surface area contributed by atoms with E-state index in [2.05, 4.69) is 4.98 Å². The minimum atomic E-state index is -0.803. The maximum Gasteiger partial charge on any atom is 0.136 e. The first-order chi connectivity index (χ1) is 8.68. The highest BCUT2D eigenvalue weighted by molar-refractivity contribution is 7.89. The van der Waals surface area contributed by atoms with Crippen molar-refractivity contribution in [3.63, 3.8) is 0 Å². The summed E-state index contributed by atoms with van der Waals surface area (Å²) in [5, 5.41) is 2.81. The highest BCUT2D eigenvalue weighted by Gasteiger charge is 2.01. The molecule has 5 heteroatoms. The topological polar surface area (TPSA) is 36.7 Å². The molecule has 0 aliphatic heterocycles. The Hall–Kier alpha value is -1.16. The molecule has 1 N–H and O–H groups in total. The molecule has 0 bridgehead atoms. The van der Waals surface area contributed by atoms with Crippen LogP contribution in [0.15, 0.2) is 52.9 Å². The quantitative estimate of drug-likeness (QED) is 0.812. The van der Waals surface area contributed by atoms with Gasteiger partial charge in [0.15, 0.2) is 0 Å². The summed E-state index contributed by atoms with van der Waals surface area (Å²) in [6, 6.07) is 11.0. The molecule has 0 saturated carbocycles. The first kappa shape index (κ1) is 13.3. The maximum absolute atomic E-state index is 8.07. The van der Waals surface area contributed by atoms with Crippen molar-refractivity contribution in [1.29, 1.82) is 4.78 Å². The van der Waals surface area contributed by atoms with Crippen molar-refractivity contribution >= 4 is 40.0 Å². The zero-order valence-corrected chi connectivity index (χ0v) is 11.6. The molecule has 1 atom stereocenters. The molecular formula is C13H10Cl2N2S. The summed E-state index contributed by atoms with van der Waals surface area (Å²) < 4.78 is 8.07. The average molecular weight is 297 g/mol. The molecule has 0 saturated heterocycles. The molecular weight excluding hydrogens is 287 g/mol. The van der Waals surface area contributed by atoms with Crippen LogP contribution in [-0.2, 0) is 10.7 Å². The predicted octanol–water partition coefficient (Wildman–Crippen LogP) is 4.80. The van der Waals surface area contributed by atoms with E-state index in [9.17, 15) is 0 Å². The lowest BCUT2D eigenvalue weighted by Crippen LogP contribution is -1.86. The molecule has 2 aromatic rings. The lowest BCUT2D eigenvalue weighted by Gasteiger charge is -2.02. The number of hydrogen-bond donors (Lipinski definition) is 1. The fraction of sp³-hybridized carbons (Fsp3) is 0. The lowest BCUT2D eigenvalue weighted by atomic mass is 10.3. The second-order valence-corrected chi connectivity index (χ2v) is 5.61. The van der Waals surface area contributed by atoms with Gasteiger partial charge >= 0.3 is 0 Å². The summed E-state index contributed by atoms with van der Waals surface area (Å²) >= 11 is 12.0. The van der Waals surface area contributed by atoms with Gasteiger partial charge in [-0.15, -0.1) is 0 Å². The molecule has 0 spiro atoms. The van der Waals surface area contributed by atoms with Gasteiger partial charge in [0.2, 0.25) is 0 Å².